The number of aryl methyl sites for hydroxylation is 3. The first-order valence-corrected chi connectivity index (χ1v) is 18.3. The maximum atomic E-state index is 14.1. The molecule has 0 saturated carbocycles. The molecule has 1 heterocycles. The van der Waals surface area contributed by atoms with Gasteiger partial charge in [-0.05, 0) is 121 Å². The topological polar surface area (TPSA) is 74.2 Å². The minimum absolute atomic E-state index is 0.149. The summed E-state index contributed by atoms with van der Waals surface area (Å²) in [5.41, 5.74) is 11.5. The number of phosphoric acid groups is 1. The lowest BCUT2D eigenvalue weighted by molar-refractivity contribution is 0.102. The van der Waals surface area contributed by atoms with Gasteiger partial charge in [0.05, 0.1) is 19.3 Å². The van der Waals surface area contributed by atoms with Crippen molar-refractivity contribution < 1.29 is 28.0 Å². The van der Waals surface area contributed by atoms with Crippen molar-refractivity contribution in [2.24, 2.45) is 0 Å². The molecule has 0 bridgehead atoms. The van der Waals surface area contributed by atoms with Crippen LogP contribution in [0.15, 0.2) is 53.6 Å². The van der Waals surface area contributed by atoms with Crippen LogP contribution in [0.25, 0.3) is 11.1 Å². The van der Waals surface area contributed by atoms with Crippen molar-refractivity contribution in [3.8, 4) is 28.4 Å². The van der Waals surface area contributed by atoms with Crippen molar-refractivity contribution in [3.63, 3.8) is 0 Å². The summed E-state index contributed by atoms with van der Waals surface area (Å²) in [5, 5.41) is 0. The number of allylic oxidation sites excluding steroid dienone is 1. The number of phosphoric ester groups is 1. The van der Waals surface area contributed by atoms with E-state index < -0.39 is 13.9 Å². The van der Waals surface area contributed by atoms with Crippen LogP contribution in [0.4, 0.5) is 0 Å². The zero-order valence-electron chi connectivity index (χ0n) is 27.0. The van der Waals surface area contributed by atoms with Crippen LogP contribution in [0.2, 0.25) is 0 Å². The molecule has 1 aliphatic heterocycles. The summed E-state index contributed by atoms with van der Waals surface area (Å²) >= 11 is 0. The van der Waals surface area contributed by atoms with E-state index in [1.54, 1.807) is 0 Å². The van der Waals surface area contributed by atoms with Gasteiger partial charge >= 0.3 is 7.82 Å². The van der Waals surface area contributed by atoms with Crippen LogP contribution in [-0.4, -0.2) is 24.2 Å². The Morgan fingerprint density at radius 2 is 1.53 bits per heavy atom. The molecule has 238 valence electrons. The first-order valence-electron chi connectivity index (χ1n) is 16.8. The van der Waals surface area contributed by atoms with Crippen molar-refractivity contribution in [3.05, 3.63) is 87.0 Å². The molecule has 7 rings (SSSR count). The first-order chi connectivity index (χ1) is 21.8. The predicted molar refractivity (Wildman–Crippen MR) is 178 cm³/mol. The number of hydrogen-bond donors (Lipinski definition) is 1. The molecule has 4 aliphatic rings. The SMILES string of the molecule is CCOc1ccc(C)cc1-c1cc2c(c3c1OP(=O)(O)OC1C(c4cc(C)ccc4OCC)CC4=C(CCCC4)[C@H]31)CCCC2. The van der Waals surface area contributed by atoms with E-state index >= 15 is 0 Å². The third kappa shape index (κ3) is 5.64. The van der Waals surface area contributed by atoms with Crippen molar-refractivity contribution >= 4 is 7.82 Å². The highest BCUT2D eigenvalue weighted by Crippen LogP contribution is 2.64. The summed E-state index contributed by atoms with van der Waals surface area (Å²) in [5.74, 6) is 1.74. The van der Waals surface area contributed by atoms with E-state index in [0.717, 1.165) is 103 Å². The van der Waals surface area contributed by atoms with Crippen LogP contribution in [0.1, 0.15) is 104 Å². The highest BCUT2D eigenvalue weighted by atomic mass is 31.2. The molecule has 3 aliphatic carbocycles. The van der Waals surface area contributed by atoms with E-state index in [1.807, 2.05) is 32.0 Å². The molecule has 0 radical (unpaired) electrons. The van der Waals surface area contributed by atoms with Crippen LogP contribution in [0.3, 0.4) is 0 Å². The largest absolute Gasteiger partial charge is 0.527 e. The minimum atomic E-state index is -4.53. The van der Waals surface area contributed by atoms with Gasteiger partial charge in [-0.2, -0.15) is 0 Å². The third-order valence-corrected chi connectivity index (χ3v) is 11.1. The number of fused-ring (bicyclic) bond motifs is 6. The minimum Gasteiger partial charge on any atom is -0.494 e. The van der Waals surface area contributed by atoms with E-state index in [-0.39, 0.29) is 11.8 Å². The Kier molecular flexibility index (Phi) is 8.35. The Morgan fingerprint density at radius 3 is 2.33 bits per heavy atom. The summed E-state index contributed by atoms with van der Waals surface area (Å²) in [4.78, 5) is 11.6. The molecule has 3 unspecified atom stereocenters. The van der Waals surface area contributed by atoms with Crippen LogP contribution in [0, 0.1) is 13.8 Å². The van der Waals surface area contributed by atoms with Gasteiger partial charge in [0.25, 0.3) is 0 Å². The van der Waals surface area contributed by atoms with Gasteiger partial charge in [-0.15, -0.1) is 0 Å². The lowest BCUT2D eigenvalue weighted by Crippen LogP contribution is -2.35. The fraction of sp³-hybridized carbons (Fsp3) is 0.474. The molecule has 45 heavy (non-hydrogen) atoms. The van der Waals surface area contributed by atoms with Crippen LogP contribution in [0.5, 0.6) is 17.2 Å². The molecule has 0 fully saturated rings. The van der Waals surface area contributed by atoms with Gasteiger partial charge in [-0.25, -0.2) is 4.57 Å². The summed E-state index contributed by atoms with van der Waals surface area (Å²) in [6.45, 7) is 9.21. The molecule has 0 saturated heterocycles. The Bertz CT molecular complexity index is 1710. The van der Waals surface area contributed by atoms with Crippen LogP contribution >= 0.6 is 7.82 Å². The van der Waals surface area contributed by atoms with Crippen molar-refractivity contribution in [1.82, 2.24) is 0 Å². The van der Waals surface area contributed by atoms with Gasteiger partial charge < -0.3 is 14.0 Å². The van der Waals surface area contributed by atoms with Crippen molar-refractivity contribution in [2.45, 2.75) is 103 Å². The monoisotopic (exact) mass is 628 g/mol. The average molecular weight is 629 g/mol. The lowest BCUT2D eigenvalue weighted by atomic mass is 9.64. The molecule has 6 nitrogen and oxygen atoms in total. The van der Waals surface area contributed by atoms with Gasteiger partial charge in [0.15, 0.2) is 0 Å². The molecule has 0 amide bonds. The second-order valence-electron chi connectivity index (χ2n) is 13.2. The molecule has 0 aromatic heterocycles. The van der Waals surface area contributed by atoms with E-state index in [2.05, 4.69) is 38.1 Å². The summed E-state index contributed by atoms with van der Waals surface area (Å²) in [7, 11) is -4.53. The number of ether oxygens (including phenoxy) is 2. The van der Waals surface area contributed by atoms with Gasteiger partial charge in [-0.3, -0.25) is 9.42 Å². The highest BCUT2D eigenvalue weighted by molar-refractivity contribution is 7.47. The average Bonchev–Trinajstić information content (AvgIpc) is 3.15. The maximum absolute atomic E-state index is 14.1. The zero-order chi connectivity index (χ0) is 31.3. The van der Waals surface area contributed by atoms with Crippen LogP contribution < -0.4 is 14.0 Å². The van der Waals surface area contributed by atoms with Gasteiger partial charge in [0.2, 0.25) is 0 Å². The molecule has 4 atom stereocenters. The highest BCUT2D eigenvalue weighted by Gasteiger charge is 2.50. The Balaban J connectivity index is 1.53. The molecular formula is C38H45O6P. The Labute approximate surface area is 267 Å². The standard InChI is InChI=1S/C38H45O6P/c1-5-41-33-17-15-23(3)19-29(33)31-21-25-11-7-9-13-27(25)35-36-28-14-10-8-12-26(28)22-32(38(36)44-45(39,40)43-37(31)35)30-20-24(4)16-18-34(30)42-6-2/h15-21,32,36,38H,5-14,22H2,1-4H3,(H,39,40)/t32?,36-,38?/m1/s1. The van der Waals surface area contributed by atoms with Gasteiger partial charge in [0, 0.05) is 34.1 Å². The molecule has 1 N–H and O–H groups in total. The van der Waals surface area contributed by atoms with E-state index in [0.29, 0.717) is 19.0 Å². The smallest absolute Gasteiger partial charge is 0.494 e. The van der Waals surface area contributed by atoms with E-state index in [4.69, 9.17) is 18.5 Å². The lowest BCUT2D eigenvalue weighted by Gasteiger charge is -2.43. The predicted octanol–water partition coefficient (Wildman–Crippen LogP) is 9.67. The quantitative estimate of drug-likeness (QED) is 0.216. The van der Waals surface area contributed by atoms with E-state index in [9.17, 15) is 9.46 Å². The molecular weight excluding hydrogens is 583 g/mol. The fourth-order valence-corrected chi connectivity index (χ4v) is 9.43. The van der Waals surface area contributed by atoms with Gasteiger partial charge in [0.1, 0.15) is 17.2 Å². The fourth-order valence-electron chi connectivity index (χ4n) is 8.39. The summed E-state index contributed by atoms with van der Waals surface area (Å²) in [6, 6.07) is 14.7. The Hall–Kier alpha value is -3.05. The number of hydrogen-bond acceptors (Lipinski definition) is 5. The van der Waals surface area contributed by atoms with Crippen LogP contribution in [-0.2, 0) is 21.9 Å². The number of rotatable bonds is 6. The summed E-state index contributed by atoms with van der Waals surface area (Å²) in [6.07, 6.45) is 8.64. The zero-order valence-corrected chi connectivity index (χ0v) is 27.9. The van der Waals surface area contributed by atoms with Gasteiger partial charge in [-0.1, -0.05) is 40.5 Å². The molecule has 7 heteroatoms. The van der Waals surface area contributed by atoms with E-state index in [1.165, 1.54) is 22.3 Å². The third-order valence-electron chi connectivity index (χ3n) is 10.2. The molecule has 3 aromatic carbocycles. The second kappa shape index (κ2) is 12.3. The maximum Gasteiger partial charge on any atom is 0.527 e. The first kappa shape index (κ1) is 30.6. The normalized spacial score (nSPS) is 25.7. The summed E-state index contributed by atoms with van der Waals surface area (Å²) < 4.78 is 39.2. The van der Waals surface area contributed by atoms with Crippen molar-refractivity contribution in [2.75, 3.05) is 13.2 Å². The molecule has 0 spiro atoms. The van der Waals surface area contributed by atoms with Crippen molar-refractivity contribution in [1.29, 1.82) is 0 Å². The number of benzene rings is 3. The Morgan fingerprint density at radius 1 is 0.844 bits per heavy atom. The second-order valence-corrected chi connectivity index (χ2v) is 14.5. The molecule has 3 aromatic rings.